The second-order valence-corrected chi connectivity index (χ2v) is 6.17. The van der Waals surface area contributed by atoms with Crippen LogP contribution in [-0.4, -0.2) is 28.0 Å². The van der Waals surface area contributed by atoms with Crippen molar-refractivity contribution >= 4 is 23.2 Å². The second kappa shape index (κ2) is 7.17. The molecule has 0 radical (unpaired) electrons. The van der Waals surface area contributed by atoms with E-state index < -0.39 is 17.9 Å². The van der Waals surface area contributed by atoms with Crippen molar-refractivity contribution in [3.63, 3.8) is 0 Å². The van der Waals surface area contributed by atoms with Gasteiger partial charge < -0.3 is 10.4 Å². The van der Waals surface area contributed by atoms with Gasteiger partial charge in [-0.25, -0.2) is 9.78 Å². The number of benzene rings is 1. The first-order valence-electron chi connectivity index (χ1n) is 7.00. The lowest BCUT2D eigenvalue weighted by molar-refractivity contribution is -0.139. The lowest BCUT2D eigenvalue weighted by Gasteiger charge is -2.13. The predicted octanol–water partition coefficient (Wildman–Crippen LogP) is 2.69. The fourth-order valence-electron chi connectivity index (χ4n) is 1.94. The van der Waals surface area contributed by atoms with Gasteiger partial charge in [-0.05, 0) is 5.56 Å². The van der Waals surface area contributed by atoms with E-state index >= 15 is 0 Å². The van der Waals surface area contributed by atoms with Crippen LogP contribution in [-0.2, 0) is 11.2 Å². The first kappa shape index (κ1) is 16.2. The van der Waals surface area contributed by atoms with Gasteiger partial charge in [-0.1, -0.05) is 44.2 Å². The van der Waals surface area contributed by atoms with Gasteiger partial charge in [-0.15, -0.1) is 11.3 Å². The standard InChI is InChI=1S/C16H18N2O3S/c1-10(2)15-18-13(9-22-15)14(19)17-12(16(20)21)8-11-6-4-3-5-7-11/h3-7,9-10,12H,8H2,1-2H3,(H,17,19)(H,20,21)/t12-/m1/s1. The van der Waals surface area contributed by atoms with Gasteiger partial charge in [0.2, 0.25) is 0 Å². The number of carboxylic acid groups (broad SMARTS) is 1. The van der Waals surface area contributed by atoms with Gasteiger partial charge in [0.05, 0.1) is 5.01 Å². The molecule has 22 heavy (non-hydrogen) atoms. The van der Waals surface area contributed by atoms with Crippen LogP contribution in [0.5, 0.6) is 0 Å². The maximum atomic E-state index is 12.2. The Labute approximate surface area is 133 Å². The second-order valence-electron chi connectivity index (χ2n) is 5.28. The van der Waals surface area contributed by atoms with Crippen LogP contribution in [0.15, 0.2) is 35.7 Å². The number of carbonyl (C=O) groups is 2. The largest absolute Gasteiger partial charge is 0.480 e. The third-order valence-electron chi connectivity index (χ3n) is 3.13. The topological polar surface area (TPSA) is 79.3 Å². The SMILES string of the molecule is CC(C)c1nc(C(=O)N[C@H](Cc2ccccc2)C(=O)O)cs1. The van der Waals surface area contributed by atoms with Gasteiger partial charge in [0.1, 0.15) is 11.7 Å². The molecule has 0 bridgehead atoms. The van der Waals surface area contributed by atoms with Crippen molar-refractivity contribution in [1.82, 2.24) is 10.3 Å². The molecular formula is C16H18N2O3S. The van der Waals surface area contributed by atoms with Crippen LogP contribution in [0.4, 0.5) is 0 Å². The van der Waals surface area contributed by atoms with E-state index in [-0.39, 0.29) is 18.0 Å². The van der Waals surface area contributed by atoms with E-state index in [0.29, 0.717) is 0 Å². The van der Waals surface area contributed by atoms with Gasteiger partial charge in [-0.3, -0.25) is 4.79 Å². The monoisotopic (exact) mass is 318 g/mol. The number of nitrogens with zero attached hydrogens (tertiary/aromatic N) is 1. The summed E-state index contributed by atoms with van der Waals surface area (Å²) in [6, 6.07) is 8.24. The highest BCUT2D eigenvalue weighted by atomic mass is 32.1. The summed E-state index contributed by atoms with van der Waals surface area (Å²) >= 11 is 1.41. The van der Waals surface area contributed by atoms with E-state index in [1.54, 1.807) is 5.38 Å². The van der Waals surface area contributed by atoms with E-state index in [1.165, 1.54) is 11.3 Å². The average molecular weight is 318 g/mol. The molecule has 1 aromatic heterocycles. The number of amides is 1. The maximum Gasteiger partial charge on any atom is 0.326 e. The van der Waals surface area contributed by atoms with Crippen LogP contribution in [0.3, 0.4) is 0 Å². The summed E-state index contributed by atoms with van der Waals surface area (Å²) in [6.45, 7) is 3.99. The molecule has 0 saturated carbocycles. The number of aromatic nitrogens is 1. The van der Waals surface area contributed by atoms with Crippen molar-refractivity contribution in [1.29, 1.82) is 0 Å². The number of rotatable bonds is 6. The minimum atomic E-state index is -1.06. The summed E-state index contributed by atoms with van der Waals surface area (Å²) in [5, 5.41) is 14.4. The van der Waals surface area contributed by atoms with Crippen molar-refractivity contribution in [2.24, 2.45) is 0 Å². The van der Waals surface area contributed by atoms with Gasteiger partial charge in [-0.2, -0.15) is 0 Å². The Morgan fingerprint density at radius 2 is 1.95 bits per heavy atom. The molecule has 0 aliphatic heterocycles. The van der Waals surface area contributed by atoms with Gasteiger partial charge in [0.15, 0.2) is 0 Å². The molecule has 0 unspecified atom stereocenters. The number of hydrogen-bond acceptors (Lipinski definition) is 4. The number of hydrogen-bond donors (Lipinski definition) is 2. The number of aliphatic carboxylic acids is 1. The van der Waals surface area contributed by atoms with Crippen molar-refractivity contribution in [3.8, 4) is 0 Å². The third kappa shape index (κ3) is 4.14. The smallest absolute Gasteiger partial charge is 0.326 e. The molecule has 116 valence electrons. The molecule has 1 atom stereocenters. The Hall–Kier alpha value is -2.21. The van der Waals surface area contributed by atoms with E-state index in [4.69, 9.17) is 0 Å². The molecule has 5 nitrogen and oxygen atoms in total. The highest BCUT2D eigenvalue weighted by molar-refractivity contribution is 7.09. The fourth-order valence-corrected chi connectivity index (χ4v) is 2.75. The molecule has 1 heterocycles. The third-order valence-corrected chi connectivity index (χ3v) is 4.28. The number of carboxylic acids is 1. The Bertz CT molecular complexity index is 652. The van der Waals surface area contributed by atoms with Crippen LogP contribution >= 0.6 is 11.3 Å². The van der Waals surface area contributed by atoms with Crippen LogP contribution in [0.25, 0.3) is 0 Å². The Morgan fingerprint density at radius 1 is 1.27 bits per heavy atom. The van der Waals surface area contributed by atoms with Crippen LogP contribution in [0, 0.1) is 0 Å². The summed E-state index contributed by atoms with van der Waals surface area (Å²) in [6.07, 6.45) is 0.239. The van der Waals surface area contributed by atoms with Crippen molar-refractivity contribution in [2.75, 3.05) is 0 Å². The molecular weight excluding hydrogens is 300 g/mol. The summed E-state index contributed by atoms with van der Waals surface area (Å²) in [5.74, 6) is -1.27. The number of carbonyl (C=O) groups excluding carboxylic acids is 1. The van der Waals surface area contributed by atoms with Crippen molar-refractivity contribution in [2.45, 2.75) is 32.2 Å². The molecule has 1 amide bonds. The van der Waals surface area contributed by atoms with E-state index in [0.717, 1.165) is 10.6 Å². The summed E-state index contributed by atoms with van der Waals surface area (Å²) < 4.78 is 0. The van der Waals surface area contributed by atoms with Crippen LogP contribution < -0.4 is 5.32 Å². The minimum absolute atomic E-state index is 0.239. The minimum Gasteiger partial charge on any atom is -0.480 e. The molecule has 2 N–H and O–H groups in total. The zero-order valence-corrected chi connectivity index (χ0v) is 13.3. The highest BCUT2D eigenvalue weighted by Crippen LogP contribution is 2.19. The van der Waals surface area contributed by atoms with E-state index in [9.17, 15) is 14.7 Å². The Morgan fingerprint density at radius 3 is 2.50 bits per heavy atom. The molecule has 0 saturated heterocycles. The van der Waals surface area contributed by atoms with Gasteiger partial charge in [0.25, 0.3) is 5.91 Å². The molecule has 0 aliphatic rings. The van der Waals surface area contributed by atoms with Crippen molar-refractivity contribution in [3.05, 3.63) is 52.0 Å². The molecule has 0 spiro atoms. The Balaban J connectivity index is 2.07. The zero-order valence-electron chi connectivity index (χ0n) is 12.4. The molecule has 6 heteroatoms. The van der Waals surface area contributed by atoms with E-state index in [1.807, 2.05) is 44.2 Å². The average Bonchev–Trinajstić information content (AvgIpc) is 2.97. The fraction of sp³-hybridized carbons (Fsp3) is 0.312. The molecule has 1 aromatic carbocycles. The normalized spacial score (nSPS) is 12.1. The first-order valence-corrected chi connectivity index (χ1v) is 7.88. The quantitative estimate of drug-likeness (QED) is 0.858. The summed E-state index contributed by atoms with van der Waals surface area (Å²) in [7, 11) is 0. The first-order chi connectivity index (χ1) is 10.5. The maximum absolute atomic E-state index is 12.2. The lowest BCUT2D eigenvalue weighted by atomic mass is 10.1. The molecule has 2 rings (SSSR count). The number of nitrogens with one attached hydrogen (secondary N) is 1. The summed E-state index contributed by atoms with van der Waals surface area (Å²) in [5.41, 5.74) is 1.13. The zero-order chi connectivity index (χ0) is 16.1. The Kier molecular flexibility index (Phi) is 5.27. The van der Waals surface area contributed by atoms with Crippen molar-refractivity contribution < 1.29 is 14.7 Å². The molecule has 2 aromatic rings. The van der Waals surface area contributed by atoms with E-state index in [2.05, 4.69) is 10.3 Å². The predicted molar refractivity (Wildman–Crippen MR) is 85.2 cm³/mol. The molecule has 0 aliphatic carbocycles. The highest BCUT2D eigenvalue weighted by Gasteiger charge is 2.22. The van der Waals surface area contributed by atoms with Crippen LogP contribution in [0.2, 0.25) is 0 Å². The molecule has 0 fully saturated rings. The van der Waals surface area contributed by atoms with Gasteiger partial charge in [0, 0.05) is 17.7 Å². The summed E-state index contributed by atoms with van der Waals surface area (Å²) in [4.78, 5) is 27.7. The van der Waals surface area contributed by atoms with Gasteiger partial charge >= 0.3 is 5.97 Å². The lowest BCUT2D eigenvalue weighted by Crippen LogP contribution is -2.42. The van der Waals surface area contributed by atoms with Crippen LogP contribution in [0.1, 0.15) is 40.8 Å². The number of thiazole rings is 1.